The Kier molecular flexibility index (Phi) is 8.31. The molecule has 0 atom stereocenters. The van der Waals surface area contributed by atoms with E-state index in [4.69, 9.17) is 9.47 Å². The first-order valence-corrected chi connectivity index (χ1v) is 12.4. The lowest BCUT2D eigenvalue weighted by molar-refractivity contribution is 0.0731. The highest BCUT2D eigenvalue weighted by molar-refractivity contribution is 5.97. The fraction of sp³-hybridized carbons (Fsp3) is 0.258. The quantitative estimate of drug-likeness (QED) is 0.283. The molecule has 0 bridgehead atoms. The minimum Gasteiger partial charge on any atom is -0.497 e. The second kappa shape index (κ2) is 11.8. The predicted molar refractivity (Wildman–Crippen MR) is 149 cm³/mol. The Morgan fingerprint density at radius 2 is 1.51 bits per heavy atom. The van der Waals surface area contributed by atoms with E-state index in [2.05, 4.69) is 33.7 Å². The Bertz CT molecular complexity index is 1330. The van der Waals surface area contributed by atoms with Crippen LogP contribution in [0.15, 0.2) is 84.9 Å². The van der Waals surface area contributed by atoms with Crippen molar-refractivity contribution in [1.82, 2.24) is 14.4 Å². The summed E-state index contributed by atoms with van der Waals surface area (Å²) in [4.78, 5) is 18.1. The molecule has 0 aliphatic carbocycles. The van der Waals surface area contributed by atoms with Crippen LogP contribution in [0.25, 0.3) is 16.9 Å². The van der Waals surface area contributed by atoms with Crippen LogP contribution >= 0.6 is 0 Å². The number of amides is 1. The van der Waals surface area contributed by atoms with Gasteiger partial charge in [-0.3, -0.25) is 4.79 Å². The van der Waals surface area contributed by atoms with Crippen LogP contribution in [0.4, 0.5) is 0 Å². The zero-order valence-corrected chi connectivity index (χ0v) is 22.3. The largest absolute Gasteiger partial charge is 0.497 e. The Hall–Kier alpha value is -4.03. The van der Waals surface area contributed by atoms with E-state index in [-0.39, 0.29) is 5.91 Å². The van der Waals surface area contributed by atoms with Crippen molar-refractivity contribution in [2.45, 2.75) is 13.5 Å². The van der Waals surface area contributed by atoms with E-state index < -0.39 is 0 Å². The van der Waals surface area contributed by atoms with Gasteiger partial charge in [-0.05, 0) is 50.3 Å². The second-order valence-electron chi connectivity index (χ2n) is 9.28. The minimum atomic E-state index is 0.00612. The molecule has 0 aliphatic rings. The number of carbonyl (C=O) groups excluding carboxylic acids is 1. The van der Waals surface area contributed by atoms with Crippen LogP contribution in [0.3, 0.4) is 0 Å². The van der Waals surface area contributed by atoms with Crippen LogP contribution in [0.5, 0.6) is 11.5 Å². The van der Waals surface area contributed by atoms with Crippen LogP contribution in [0.2, 0.25) is 0 Å². The third kappa shape index (κ3) is 5.87. The molecule has 6 heteroatoms. The molecule has 1 amide bonds. The van der Waals surface area contributed by atoms with Gasteiger partial charge >= 0.3 is 0 Å². The van der Waals surface area contributed by atoms with Gasteiger partial charge in [-0.15, -0.1) is 0 Å². The van der Waals surface area contributed by atoms with Gasteiger partial charge in [0.1, 0.15) is 11.5 Å². The number of methoxy groups -OCH3 is 2. The molecule has 1 aromatic heterocycles. The van der Waals surface area contributed by atoms with E-state index in [0.29, 0.717) is 30.2 Å². The maximum atomic E-state index is 14.1. The van der Waals surface area contributed by atoms with E-state index in [1.807, 2.05) is 86.6 Å². The topological polar surface area (TPSA) is 46.9 Å². The molecule has 1 heterocycles. The Morgan fingerprint density at radius 3 is 2.14 bits per heavy atom. The van der Waals surface area contributed by atoms with E-state index in [1.54, 1.807) is 14.2 Å². The number of aromatic nitrogens is 1. The van der Waals surface area contributed by atoms with E-state index >= 15 is 0 Å². The summed E-state index contributed by atoms with van der Waals surface area (Å²) in [5.74, 6) is 1.38. The third-order valence-electron chi connectivity index (χ3n) is 6.50. The SMILES string of the molecule is COc1ccc(-n2c(-c3ccccc3)cc(C(=O)N(CCN(C)C)Cc3ccccc3)c2C)c(OC)c1. The van der Waals surface area contributed by atoms with Crippen molar-refractivity contribution in [1.29, 1.82) is 0 Å². The molecular formula is C31H35N3O3. The smallest absolute Gasteiger partial charge is 0.256 e. The average molecular weight is 498 g/mol. The number of carbonyl (C=O) groups is 1. The number of likely N-dealkylation sites (N-methyl/N-ethyl adjacent to an activating group) is 1. The molecule has 37 heavy (non-hydrogen) atoms. The monoisotopic (exact) mass is 497 g/mol. The van der Waals surface area contributed by atoms with E-state index in [1.165, 1.54) is 0 Å². The van der Waals surface area contributed by atoms with Gasteiger partial charge in [0.05, 0.1) is 31.2 Å². The van der Waals surface area contributed by atoms with Crippen molar-refractivity contribution < 1.29 is 14.3 Å². The van der Waals surface area contributed by atoms with Crippen LogP contribution in [0.1, 0.15) is 21.6 Å². The standard InChI is InChI=1S/C31H35N3O3/c1-23-27(31(35)33(19-18-32(2)3)22-24-12-8-6-9-13-24)21-29(25-14-10-7-11-15-25)34(23)28-17-16-26(36-4)20-30(28)37-5/h6-17,20-21H,18-19,22H2,1-5H3. The van der Waals surface area contributed by atoms with Gasteiger partial charge in [-0.25, -0.2) is 0 Å². The lowest BCUT2D eigenvalue weighted by Crippen LogP contribution is -2.36. The maximum absolute atomic E-state index is 14.1. The highest BCUT2D eigenvalue weighted by Gasteiger charge is 2.25. The van der Waals surface area contributed by atoms with Gasteiger partial charge in [-0.1, -0.05) is 60.7 Å². The van der Waals surface area contributed by atoms with Gasteiger partial charge < -0.3 is 23.8 Å². The molecule has 192 valence electrons. The Balaban J connectivity index is 1.84. The van der Waals surface area contributed by atoms with Crippen molar-refractivity contribution in [2.75, 3.05) is 41.4 Å². The molecule has 0 fully saturated rings. The van der Waals surface area contributed by atoms with Gasteiger partial charge in [0.15, 0.2) is 0 Å². The molecular weight excluding hydrogens is 462 g/mol. The molecule has 0 N–H and O–H groups in total. The second-order valence-corrected chi connectivity index (χ2v) is 9.28. The summed E-state index contributed by atoms with van der Waals surface area (Å²) in [7, 11) is 7.33. The first-order valence-electron chi connectivity index (χ1n) is 12.4. The zero-order valence-electron chi connectivity index (χ0n) is 22.3. The molecule has 0 aliphatic heterocycles. The lowest BCUT2D eigenvalue weighted by atomic mass is 10.1. The van der Waals surface area contributed by atoms with E-state index in [0.717, 1.165) is 34.7 Å². The molecule has 0 saturated carbocycles. The highest BCUT2D eigenvalue weighted by Crippen LogP contribution is 2.36. The molecule has 0 saturated heterocycles. The molecule has 0 radical (unpaired) electrons. The van der Waals surface area contributed by atoms with Crippen LogP contribution in [-0.2, 0) is 6.54 Å². The first kappa shape index (κ1) is 26.0. The van der Waals surface area contributed by atoms with Crippen LogP contribution < -0.4 is 9.47 Å². The fourth-order valence-corrected chi connectivity index (χ4v) is 4.47. The number of rotatable bonds is 10. The van der Waals surface area contributed by atoms with Crippen LogP contribution in [-0.4, -0.2) is 61.7 Å². The summed E-state index contributed by atoms with van der Waals surface area (Å²) in [5.41, 5.74) is 5.43. The predicted octanol–water partition coefficient (Wildman–Crippen LogP) is 5.67. The average Bonchev–Trinajstić information content (AvgIpc) is 3.27. The molecule has 3 aromatic carbocycles. The summed E-state index contributed by atoms with van der Waals surface area (Å²) in [6.07, 6.45) is 0. The van der Waals surface area contributed by atoms with Crippen molar-refractivity contribution in [3.05, 3.63) is 102 Å². The summed E-state index contributed by atoms with van der Waals surface area (Å²) >= 11 is 0. The molecule has 4 aromatic rings. The molecule has 0 spiro atoms. The Labute approximate surface area is 219 Å². The normalized spacial score (nSPS) is 11.0. The summed E-state index contributed by atoms with van der Waals surface area (Å²) in [6.45, 7) is 3.94. The molecule has 6 nitrogen and oxygen atoms in total. The maximum Gasteiger partial charge on any atom is 0.256 e. The summed E-state index contributed by atoms with van der Waals surface area (Å²) < 4.78 is 13.3. The molecule has 4 rings (SSSR count). The van der Waals surface area contributed by atoms with Crippen molar-refractivity contribution >= 4 is 5.91 Å². The van der Waals surface area contributed by atoms with Crippen LogP contribution in [0, 0.1) is 6.92 Å². The van der Waals surface area contributed by atoms with E-state index in [9.17, 15) is 4.79 Å². The van der Waals surface area contributed by atoms with Crippen molar-refractivity contribution in [3.8, 4) is 28.4 Å². The van der Waals surface area contributed by atoms with Crippen molar-refractivity contribution in [3.63, 3.8) is 0 Å². The number of hydrogen-bond donors (Lipinski definition) is 0. The number of ether oxygens (including phenoxy) is 2. The zero-order chi connectivity index (χ0) is 26.4. The number of hydrogen-bond acceptors (Lipinski definition) is 4. The number of nitrogens with zero attached hydrogens (tertiary/aromatic N) is 3. The van der Waals surface area contributed by atoms with Gasteiger partial charge in [0.25, 0.3) is 5.91 Å². The minimum absolute atomic E-state index is 0.00612. The lowest BCUT2D eigenvalue weighted by Gasteiger charge is -2.25. The summed E-state index contributed by atoms with van der Waals surface area (Å²) in [5, 5.41) is 0. The van der Waals surface area contributed by atoms with Gasteiger partial charge in [-0.2, -0.15) is 0 Å². The Morgan fingerprint density at radius 1 is 0.838 bits per heavy atom. The summed E-state index contributed by atoms with van der Waals surface area (Å²) in [6, 6.07) is 28.0. The van der Waals surface area contributed by atoms with Gasteiger partial charge in [0, 0.05) is 31.4 Å². The highest BCUT2D eigenvalue weighted by atomic mass is 16.5. The van der Waals surface area contributed by atoms with Crippen molar-refractivity contribution in [2.24, 2.45) is 0 Å². The fourth-order valence-electron chi connectivity index (χ4n) is 4.47. The van der Waals surface area contributed by atoms with Gasteiger partial charge in [0.2, 0.25) is 0 Å². The first-order chi connectivity index (χ1) is 17.9. The third-order valence-corrected chi connectivity index (χ3v) is 6.50. The number of benzene rings is 3. The molecule has 0 unspecified atom stereocenters.